The molecule has 0 fully saturated rings. The summed E-state index contributed by atoms with van der Waals surface area (Å²) in [5.41, 5.74) is 0.199. The van der Waals surface area contributed by atoms with Crippen molar-refractivity contribution in [2.24, 2.45) is 5.92 Å². The lowest BCUT2D eigenvalue weighted by atomic mass is 9.89. The highest BCUT2D eigenvalue weighted by molar-refractivity contribution is 9.12. The van der Waals surface area contributed by atoms with Crippen LogP contribution in [0.15, 0.2) is 40.9 Å². The molecule has 2 atom stereocenters. The lowest BCUT2D eigenvalue weighted by Crippen LogP contribution is -2.35. The molecule has 4 nitrogen and oxygen atoms in total. The molecule has 100 valence electrons. The standard InChI is InChI=1S/C13H10Br2O4/c14-8-3-4-13(15,19)9(6-8)12(18)7-1-2-10(16)11(17)5-7/h1-6,9,16-17,19H. The van der Waals surface area contributed by atoms with Crippen LogP contribution in [-0.2, 0) is 0 Å². The number of halogens is 2. The summed E-state index contributed by atoms with van der Waals surface area (Å²) in [5.74, 6) is -1.89. The zero-order valence-corrected chi connectivity index (χ0v) is 12.7. The molecule has 0 bridgehead atoms. The van der Waals surface area contributed by atoms with Crippen molar-refractivity contribution in [3.63, 3.8) is 0 Å². The number of ketones is 1. The lowest BCUT2D eigenvalue weighted by molar-refractivity contribution is 0.0795. The van der Waals surface area contributed by atoms with Crippen molar-refractivity contribution >= 4 is 37.6 Å². The minimum Gasteiger partial charge on any atom is -0.504 e. The molecule has 0 spiro atoms. The van der Waals surface area contributed by atoms with Crippen LogP contribution in [0.25, 0.3) is 0 Å². The van der Waals surface area contributed by atoms with Gasteiger partial charge in [0.25, 0.3) is 0 Å². The Hall–Kier alpha value is -1.11. The van der Waals surface area contributed by atoms with Gasteiger partial charge in [0.05, 0.1) is 5.92 Å². The first-order chi connectivity index (χ1) is 8.81. The molecule has 6 heteroatoms. The molecule has 0 radical (unpaired) electrons. The Labute approximate surface area is 126 Å². The van der Waals surface area contributed by atoms with Crippen molar-refractivity contribution in [1.82, 2.24) is 0 Å². The number of aliphatic hydroxyl groups is 1. The predicted octanol–water partition coefficient (Wildman–Crippen LogP) is 2.83. The monoisotopic (exact) mass is 388 g/mol. The van der Waals surface area contributed by atoms with E-state index in [0.717, 1.165) is 0 Å². The number of phenolic OH excluding ortho intramolecular Hbond substituents is 2. The van der Waals surface area contributed by atoms with Crippen LogP contribution < -0.4 is 0 Å². The van der Waals surface area contributed by atoms with Crippen LogP contribution in [0.5, 0.6) is 11.5 Å². The van der Waals surface area contributed by atoms with Crippen LogP contribution in [0.3, 0.4) is 0 Å². The summed E-state index contributed by atoms with van der Waals surface area (Å²) in [6, 6.07) is 3.79. The van der Waals surface area contributed by atoms with E-state index < -0.39 is 10.4 Å². The number of Topliss-reactive ketones (excluding diaryl/α,β-unsaturated/α-hetero) is 1. The number of carbonyl (C=O) groups excluding carboxylic acids is 1. The molecule has 1 aromatic carbocycles. The third-order valence-corrected chi connectivity index (χ3v) is 4.07. The number of alkyl halides is 1. The van der Waals surface area contributed by atoms with E-state index in [1.165, 1.54) is 24.3 Å². The van der Waals surface area contributed by atoms with E-state index in [1.54, 1.807) is 12.2 Å². The first kappa shape index (κ1) is 14.3. The predicted molar refractivity (Wildman–Crippen MR) is 77.6 cm³/mol. The van der Waals surface area contributed by atoms with Crippen LogP contribution in [0.4, 0.5) is 0 Å². The van der Waals surface area contributed by atoms with Gasteiger partial charge in [-0.3, -0.25) is 4.79 Å². The van der Waals surface area contributed by atoms with Crippen molar-refractivity contribution in [2.75, 3.05) is 0 Å². The summed E-state index contributed by atoms with van der Waals surface area (Å²) >= 11 is 6.34. The van der Waals surface area contributed by atoms with Crippen LogP contribution >= 0.6 is 31.9 Å². The molecule has 0 aliphatic heterocycles. The van der Waals surface area contributed by atoms with E-state index in [1.807, 2.05) is 0 Å². The number of rotatable bonds is 2. The number of hydrogen-bond donors (Lipinski definition) is 3. The highest BCUT2D eigenvalue weighted by atomic mass is 79.9. The van der Waals surface area contributed by atoms with Crippen molar-refractivity contribution in [3.05, 3.63) is 46.5 Å². The second kappa shape index (κ2) is 5.11. The summed E-state index contributed by atoms with van der Waals surface area (Å²) in [6.07, 6.45) is 4.66. The average Bonchev–Trinajstić information content (AvgIpc) is 2.35. The summed E-state index contributed by atoms with van der Waals surface area (Å²) < 4.78 is -0.799. The minimum atomic E-state index is -1.48. The highest BCUT2D eigenvalue weighted by Gasteiger charge is 2.38. The maximum Gasteiger partial charge on any atom is 0.174 e. The molecule has 0 saturated heterocycles. The molecule has 0 saturated carbocycles. The molecular weight excluding hydrogens is 380 g/mol. The molecular formula is C13H10Br2O4. The van der Waals surface area contributed by atoms with E-state index >= 15 is 0 Å². The van der Waals surface area contributed by atoms with Crippen LogP contribution in [0.2, 0.25) is 0 Å². The fraction of sp³-hybridized carbons (Fsp3) is 0.154. The van der Waals surface area contributed by atoms with Gasteiger partial charge in [-0.05, 0) is 46.3 Å². The summed E-state index contributed by atoms with van der Waals surface area (Å²) in [5, 5.41) is 28.8. The van der Waals surface area contributed by atoms with Gasteiger partial charge in [0.1, 0.15) is 0 Å². The molecule has 2 rings (SSSR count). The van der Waals surface area contributed by atoms with E-state index in [0.29, 0.717) is 4.48 Å². The third kappa shape index (κ3) is 2.91. The Kier molecular flexibility index (Phi) is 3.85. The molecule has 1 aliphatic rings. The molecule has 0 aromatic heterocycles. The largest absolute Gasteiger partial charge is 0.504 e. The number of benzene rings is 1. The Morgan fingerprint density at radius 3 is 2.58 bits per heavy atom. The fourth-order valence-electron chi connectivity index (χ4n) is 1.75. The second-order valence-corrected chi connectivity index (χ2v) is 6.34. The maximum absolute atomic E-state index is 12.3. The highest BCUT2D eigenvalue weighted by Crippen LogP contribution is 2.37. The van der Waals surface area contributed by atoms with Gasteiger partial charge in [-0.2, -0.15) is 0 Å². The number of phenols is 2. The van der Waals surface area contributed by atoms with E-state index in [4.69, 9.17) is 0 Å². The Balaban J connectivity index is 2.38. The van der Waals surface area contributed by atoms with Crippen molar-refractivity contribution in [2.45, 2.75) is 4.51 Å². The number of carbonyl (C=O) groups is 1. The first-order valence-corrected chi connectivity index (χ1v) is 6.94. The van der Waals surface area contributed by atoms with Crippen LogP contribution in [0, 0.1) is 5.92 Å². The van der Waals surface area contributed by atoms with Gasteiger partial charge >= 0.3 is 0 Å². The Morgan fingerprint density at radius 2 is 1.95 bits per heavy atom. The summed E-state index contributed by atoms with van der Waals surface area (Å²) in [6.45, 7) is 0. The van der Waals surface area contributed by atoms with Gasteiger partial charge in [0.15, 0.2) is 21.8 Å². The first-order valence-electron chi connectivity index (χ1n) is 5.35. The van der Waals surface area contributed by atoms with E-state index in [-0.39, 0.29) is 22.8 Å². The smallest absolute Gasteiger partial charge is 0.174 e. The SMILES string of the molecule is O=C(c1ccc(O)c(O)c1)C1C=C(Br)C=CC1(O)Br. The quantitative estimate of drug-likeness (QED) is 0.413. The average molecular weight is 390 g/mol. The molecule has 0 heterocycles. The Bertz CT molecular complexity index is 590. The van der Waals surface area contributed by atoms with Crippen molar-refractivity contribution < 1.29 is 20.1 Å². The molecule has 3 N–H and O–H groups in total. The number of hydrogen-bond acceptors (Lipinski definition) is 4. The summed E-state index contributed by atoms with van der Waals surface area (Å²) in [7, 11) is 0. The van der Waals surface area contributed by atoms with E-state index in [2.05, 4.69) is 31.9 Å². The molecule has 2 unspecified atom stereocenters. The maximum atomic E-state index is 12.3. The molecule has 19 heavy (non-hydrogen) atoms. The van der Waals surface area contributed by atoms with Crippen LogP contribution in [0.1, 0.15) is 10.4 Å². The van der Waals surface area contributed by atoms with Crippen molar-refractivity contribution in [1.29, 1.82) is 0 Å². The normalized spacial score (nSPS) is 26.1. The second-order valence-electron chi connectivity index (χ2n) is 4.16. The van der Waals surface area contributed by atoms with Crippen LogP contribution in [-0.4, -0.2) is 25.6 Å². The number of allylic oxidation sites excluding steroid dienone is 2. The topological polar surface area (TPSA) is 77.8 Å². The van der Waals surface area contributed by atoms with Gasteiger partial charge in [0, 0.05) is 10.0 Å². The third-order valence-electron chi connectivity index (χ3n) is 2.78. The zero-order valence-electron chi connectivity index (χ0n) is 9.55. The molecule has 1 aliphatic carbocycles. The van der Waals surface area contributed by atoms with Gasteiger partial charge in [-0.15, -0.1) is 0 Å². The minimum absolute atomic E-state index is 0.199. The van der Waals surface area contributed by atoms with Gasteiger partial charge in [0.2, 0.25) is 0 Å². The summed E-state index contributed by atoms with van der Waals surface area (Å²) in [4.78, 5) is 12.3. The van der Waals surface area contributed by atoms with E-state index in [9.17, 15) is 20.1 Å². The van der Waals surface area contributed by atoms with Crippen molar-refractivity contribution in [3.8, 4) is 11.5 Å². The van der Waals surface area contributed by atoms with Gasteiger partial charge < -0.3 is 15.3 Å². The molecule has 0 amide bonds. The van der Waals surface area contributed by atoms with Gasteiger partial charge in [-0.25, -0.2) is 0 Å². The number of aromatic hydroxyl groups is 2. The zero-order chi connectivity index (χ0) is 14.2. The fourth-order valence-corrected chi connectivity index (χ4v) is 2.62. The Morgan fingerprint density at radius 1 is 1.26 bits per heavy atom. The molecule has 1 aromatic rings. The van der Waals surface area contributed by atoms with Gasteiger partial charge in [-0.1, -0.05) is 22.0 Å². The lowest BCUT2D eigenvalue weighted by Gasteiger charge is -2.27.